The van der Waals surface area contributed by atoms with E-state index in [2.05, 4.69) is 49.2 Å². The van der Waals surface area contributed by atoms with Crippen molar-refractivity contribution in [2.75, 3.05) is 0 Å². The van der Waals surface area contributed by atoms with Gasteiger partial charge in [-0.05, 0) is 35.4 Å². The van der Waals surface area contributed by atoms with E-state index in [-0.39, 0.29) is 17.2 Å². The second-order valence-corrected chi connectivity index (χ2v) is 9.98. The Kier molecular flexibility index (Phi) is 4.30. The molecule has 6 rings (SSSR count). The maximum Gasteiger partial charge on any atom is 0.219 e. The molecule has 1 N–H and O–H groups in total. The molecular weight excluding hydrogens is 416 g/mol. The average Bonchev–Trinajstić information content (AvgIpc) is 3.34. The van der Waals surface area contributed by atoms with Crippen LogP contribution in [0.15, 0.2) is 83.9 Å². The van der Waals surface area contributed by atoms with E-state index in [1.807, 2.05) is 48.2 Å². The highest BCUT2D eigenvalue weighted by atomic mass is 32.2. The molecule has 1 aliphatic heterocycles. The van der Waals surface area contributed by atoms with Gasteiger partial charge in [-0.3, -0.25) is 4.99 Å². The molecule has 0 saturated heterocycles. The predicted molar refractivity (Wildman–Crippen MR) is 130 cm³/mol. The minimum atomic E-state index is 0.0150. The van der Waals surface area contributed by atoms with E-state index in [1.165, 1.54) is 11.1 Å². The van der Waals surface area contributed by atoms with Gasteiger partial charge in [0.15, 0.2) is 0 Å². The molecule has 3 aromatic carbocycles. The van der Waals surface area contributed by atoms with Crippen molar-refractivity contribution >= 4 is 27.7 Å². The number of pyridine rings is 1. The summed E-state index contributed by atoms with van der Waals surface area (Å²) < 4.78 is 6.05. The van der Waals surface area contributed by atoms with Gasteiger partial charge in [-0.1, -0.05) is 74.1 Å². The molecule has 5 heteroatoms. The summed E-state index contributed by atoms with van der Waals surface area (Å²) in [4.78, 5) is 9.64. The molecule has 2 aliphatic rings. The maximum atomic E-state index is 10.1. The van der Waals surface area contributed by atoms with Crippen LogP contribution < -0.4 is 4.74 Å². The van der Waals surface area contributed by atoms with Gasteiger partial charge in [0.1, 0.15) is 17.0 Å². The molecule has 0 bridgehead atoms. The summed E-state index contributed by atoms with van der Waals surface area (Å²) in [6, 6.07) is 26.0. The molecule has 0 radical (unpaired) electrons. The zero-order valence-electron chi connectivity index (χ0n) is 17.8. The van der Waals surface area contributed by atoms with Gasteiger partial charge in [-0.2, -0.15) is 0 Å². The number of rotatable bonds is 3. The normalized spacial score (nSPS) is 20.6. The molecule has 0 fully saturated rings. The number of aromatic nitrogens is 1. The van der Waals surface area contributed by atoms with Crippen molar-refractivity contribution in [2.45, 2.75) is 30.6 Å². The zero-order valence-corrected chi connectivity index (χ0v) is 18.6. The molecule has 1 aromatic heterocycles. The summed E-state index contributed by atoms with van der Waals surface area (Å²) in [5, 5.41) is 12.4. The highest BCUT2D eigenvalue weighted by Gasteiger charge is 2.50. The quantitative estimate of drug-likeness (QED) is 0.390. The first-order valence-corrected chi connectivity index (χ1v) is 11.6. The summed E-state index contributed by atoms with van der Waals surface area (Å²) in [6.45, 7) is 4.59. The molecule has 2 heterocycles. The summed E-state index contributed by atoms with van der Waals surface area (Å²) >= 11 is 1.84. The van der Waals surface area contributed by atoms with E-state index in [4.69, 9.17) is 9.73 Å². The average molecular weight is 439 g/mol. The third-order valence-electron chi connectivity index (χ3n) is 6.46. The molecular formula is C27H22N2O2S. The molecule has 1 aliphatic carbocycles. The number of thioether (sulfide) groups is 1. The highest BCUT2D eigenvalue weighted by Crippen LogP contribution is 2.56. The van der Waals surface area contributed by atoms with Crippen LogP contribution in [0.2, 0.25) is 0 Å². The number of hydrogen-bond donors (Lipinski definition) is 1. The van der Waals surface area contributed by atoms with Crippen LogP contribution in [0.25, 0.3) is 10.9 Å². The van der Waals surface area contributed by atoms with Crippen LogP contribution >= 0.6 is 11.8 Å². The third kappa shape index (κ3) is 3.00. The Balaban J connectivity index is 1.30. The number of para-hydroxylation sites is 1. The van der Waals surface area contributed by atoms with E-state index in [9.17, 15) is 5.11 Å². The number of aromatic hydroxyl groups is 1. The number of benzene rings is 3. The first-order valence-electron chi connectivity index (χ1n) is 10.7. The fourth-order valence-corrected chi connectivity index (χ4v) is 6.34. The Hall–Kier alpha value is -3.31. The fraction of sp³-hybridized carbons (Fsp3) is 0.185. The summed E-state index contributed by atoms with van der Waals surface area (Å²) in [5.74, 6) is 1.29. The molecule has 158 valence electrons. The van der Waals surface area contributed by atoms with Crippen molar-refractivity contribution in [1.82, 2.24) is 4.98 Å². The lowest BCUT2D eigenvalue weighted by Crippen LogP contribution is -2.27. The van der Waals surface area contributed by atoms with Crippen LogP contribution in [0.1, 0.15) is 35.8 Å². The van der Waals surface area contributed by atoms with Crippen molar-refractivity contribution in [3.63, 3.8) is 0 Å². The number of nitrogens with zero attached hydrogens (tertiary/aromatic N) is 2. The summed E-state index contributed by atoms with van der Waals surface area (Å²) in [7, 11) is 0. The lowest BCUT2D eigenvalue weighted by atomic mass is 9.83. The van der Waals surface area contributed by atoms with Gasteiger partial charge in [-0.25, -0.2) is 4.98 Å². The minimum absolute atomic E-state index is 0.0150. The van der Waals surface area contributed by atoms with E-state index in [0.717, 1.165) is 16.0 Å². The molecule has 2 atom stereocenters. The number of aliphatic imine (C=N–C) groups is 1. The first kappa shape index (κ1) is 19.4. The maximum absolute atomic E-state index is 10.1. The van der Waals surface area contributed by atoms with Gasteiger partial charge in [0, 0.05) is 22.4 Å². The predicted octanol–water partition coefficient (Wildman–Crippen LogP) is 6.63. The van der Waals surface area contributed by atoms with Gasteiger partial charge >= 0.3 is 0 Å². The zero-order chi connectivity index (χ0) is 21.9. The van der Waals surface area contributed by atoms with Crippen LogP contribution in [0, 0.1) is 0 Å². The van der Waals surface area contributed by atoms with E-state index < -0.39 is 0 Å². The lowest BCUT2D eigenvalue weighted by molar-refractivity contribution is 0.448. The van der Waals surface area contributed by atoms with Gasteiger partial charge in [0.05, 0.1) is 16.3 Å². The van der Waals surface area contributed by atoms with E-state index in [1.54, 1.807) is 12.1 Å². The Morgan fingerprint density at radius 2 is 1.78 bits per heavy atom. The standard InChI is InChI=1S/C27H22N2O2S/c1-27(2)20-11-4-3-10-19(20)24-25(27)29-26(32-24)17-8-5-9-18(15-17)31-22-14-13-16-7-6-12-21(30)23(16)28-22/h3-15,24-25,30H,1-2H3/t24-,25-/m1/s1. The van der Waals surface area contributed by atoms with E-state index >= 15 is 0 Å². The number of fused-ring (bicyclic) bond motifs is 4. The molecule has 4 aromatic rings. The van der Waals surface area contributed by atoms with Gasteiger partial charge < -0.3 is 9.84 Å². The van der Waals surface area contributed by atoms with Crippen LogP contribution in [0.4, 0.5) is 0 Å². The monoisotopic (exact) mass is 438 g/mol. The van der Waals surface area contributed by atoms with Crippen LogP contribution in [-0.4, -0.2) is 21.2 Å². The topological polar surface area (TPSA) is 54.7 Å². The number of ether oxygens (including phenoxy) is 1. The third-order valence-corrected chi connectivity index (χ3v) is 7.79. The van der Waals surface area contributed by atoms with Crippen molar-refractivity contribution in [1.29, 1.82) is 0 Å². The summed E-state index contributed by atoms with van der Waals surface area (Å²) in [5.41, 5.74) is 4.41. The van der Waals surface area contributed by atoms with Gasteiger partial charge in [0.2, 0.25) is 5.88 Å². The van der Waals surface area contributed by atoms with Crippen LogP contribution in [0.5, 0.6) is 17.4 Å². The molecule has 0 spiro atoms. The summed E-state index contributed by atoms with van der Waals surface area (Å²) in [6.07, 6.45) is 0. The second kappa shape index (κ2) is 7.10. The van der Waals surface area contributed by atoms with Crippen LogP contribution in [0.3, 0.4) is 0 Å². The Labute approximate surface area is 191 Å². The van der Waals surface area contributed by atoms with Crippen molar-refractivity contribution < 1.29 is 9.84 Å². The van der Waals surface area contributed by atoms with Gasteiger partial charge in [-0.15, -0.1) is 0 Å². The molecule has 0 amide bonds. The molecule has 4 nitrogen and oxygen atoms in total. The Morgan fingerprint density at radius 1 is 0.938 bits per heavy atom. The Bertz CT molecular complexity index is 1400. The fourth-order valence-electron chi connectivity index (χ4n) is 4.80. The van der Waals surface area contributed by atoms with Crippen molar-refractivity contribution in [3.8, 4) is 17.4 Å². The van der Waals surface area contributed by atoms with Crippen molar-refractivity contribution in [2.24, 2.45) is 4.99 Å². The minimum Gasteiger partial charge on any atom is -0.506 e. The first-order chi connectivity index (χ1) is 15.5. The molecule has 0 saturated carbocycles. The number of phenolic OH excluding ortho intramolecular Hbond substituents is 1. The SMILES string of the molecule is CC1(C)c2ccccc2[C@H]2SC(c3cccc(Oc4ccc5cccc(O)c5n4)c3)=N[C@H]21. The smallest absolute Gasteiger partial charge is 0.219 e. The second-order valence-electron chi connectivity index (χ2n) is 8.85. The lowest BCUT2D eigenvalue weighted by Gasteiger charge is -2.24. The Morgan fingerprint density at radius 3 is 2.69 bits per heavy atom. The van der Waals surface area contributed by atoms with Gasteiger partial charge in [0.25, 0.3) is 0 Å². The molecule has 32 heavy (non-hydrogen) atoms. The van der Waals surface area contributed by atoms with Crippen molar-refractivity contribution in [3.05, 3.63) is 95.6 Å². The number of hydrogen-bond acceptors (Lipinski definition) is 5. The largest absolute Gasteiger partial charge is 0.506 e. The number of phenols is 1. The molecule has 0 unspecified atom stereocenters. The highest BCUT2D eigenvalue weighted by molar-refractivity contribution is 8.15. The van der Waals surface area contributed by atoms with Crippen LogP contribution in [-0.2, 0) is 5.41 Å². The van der Waals surface area contributed by atoms with E-state index in [0.29, 0.717) is 22.4 Å².